The number of aromatic nitrogens is 2. The normalized spacial score (nSPS) is 11.9. The first-order valence-electron chi connectivity index (χ1n) is 7.31. The largest absolute Gasteiger partial charge is 0.337 e. The highest BCUT2D eigenvalue weighted by Crippen LogP contribution is 2.09. The first-order chi connectivity index (χ1) is 11.5. The molecule has 1 heterocycles. The zero-order chi connectivity index (χ0) is 17.1. The first-order valence-corrected chi connectivity index (χ1v) is 8.13. The number of benzene rings is 2. The van der Waals surface area contributed by atoms with E-state index >= 15 is 0 Å². The minimum atomic E-state index is -0.932. The zero-order valence-electron chi connectivity index (χ0n) is 12.9. The van der Waals surface area contributed by atoms with Crippen LogP contribution >= 0.6 is 11.5 Å². The number of nitrogens with zero attached hydrogens (tertiary/aromatic N) is 2. The lowest BCUT2D eigenvalue weighted by atomic mass is 10.1. The molecule has 24 heavy (non-hydrogen) atoms. The van der Waals surface area contributed by atoms with Crippen molar-refractivity contribution >= 4 is 11.5 Å². The molecular formula is C17H15F2N3OS. The van der Waals surface area contributed by atoms with E-state index in [1.807, 2.05) is 31.2 Å². The van der Waals surface area contributed by atoms with Crippen LogP contribution in [-0.2, 0) is 13.1 Å². The summed E-state index contributed by atoms with van der Waals surface area (Å²) < 4.78 is 30.4. The molecule has 4 nitrogen and oxygen atoms in total. The van der Waals surface area contributed by atoms with Crippen molar-refractivity contribution in [1.29, 1.82) is 0 Å². The molecule has 124 valence electrons. The molecule has 0 bridgehead atoms. The van der Waals surface area contributed by atoms with Crippen molar-refractivity contribution in [2.75, 3.05) is 0 Å². The molecule has 1 N–H and O–H groups in total. The van der Waals surface area contributed by atoms with Gasteiger partial charge in [-0.25, -0.2) is 13.6 Å². The van der Waals surface area contributed by atoms with Gasteiger partial charge in [0.1, 0.15) is 0 Å². The van der Waals surface area contributed by atoms with Gasteiger partial charge >= 0.3 is 5.69 Å². The Morgan fingerprint density at radius 3 is 2.50 bits per heavy atom. The van der Waals surface area contributed by atoms with Crippen molar-refractivity contribution in [3.05, 3.63) is 86.1 Å². The van der Waals surface area contributed by atoms with Crippen LogP contribution in [0.1, 0.15) is 16.7 Å². The molecule has 0 radical (unpaired) electrons. The minimum absolute atomic E-state index is 0.128. The van der Waals surface area contributed by atoms with Gasteiger partial charge < -0.3 is 0 Å². The van der Waals surface area contributed by atoms with E-state index < -0.39 is 11.6 Å². The Bertz CT molecular complexity index is 970. The van der Waals surface area contributed by atoms with E-state index in [0.29, 0.717) is 16.9 Å². The smallest absolute Gasteiger partial charge is 0.264 e. The number of halogens is 2. The van der Waals surface area contributed by atoms with Crippen molar-refractivity contribution in [2.45, 2.75) is 20.0 Å². The van der Waals surface area contributed by atoms with E-state index in [2.05, 4.69) is 9.37 Å². The fourth-order valence-electron chi connectivity index (χ4n) is 2.22. The molecule has 0 atom stereocenters. The maximum Gasteiger partial charge on any atom is 0.337 e. The highest BCUT2D eigenvalue weighted by Gasteiger charge is 2.07. The number of aromatic amines is 1. The molecule has 0 unspecified atom stereocenters. The average Bonchev–Trinajstić information content (AvgIpc) is 2.91. The van der Waals surface area contributed by atoms with Crippen LogP contribution < -0.4 is 10.5 Å². The predicted molar refractivity (Wildman–Crippen MR) is 88.8 cm³/mol. The van der Waals surface area contributed by atoms with Crippen LogP contribution in [0, 0.1) is 18.6 Å². The fraction of sp³-hybridized carbons (Fsp3) is 0.176. The monoisotopic (exact) mass is 347 g/mol. The van der Waals surface area contributed by atoms with Gasteiger partial charge in [-0.1, -0.05) is 35.9 Å². The number of hydrogen-bond acceptors (Lipinski definition) is 3. The molecule has 0 aliphatic heterocycles. The van der Waals surface area contributed by atoms with Crippen LogP contribution in [-0.4, -0.2) is 8.94 Å². The van der Waals surface area contributed by atoms with E-state index in [0.717, 1.165) is 29.2 Å². The zero-order valence-corrected chi connectivity index (χ0v) is 13.7. The SMILES string of the molecule is Cc1ccc(CN=c2s[nH]c(=O)n2Cc2ccc(F)c(F)c2)cc1. The third-order valence-electron chi connectivity index (χ3n) is 3.55. The third kappa shape index (κ3) is 3.68. The maximum absolute atomic E-state index is 13.3. The Hall–Kier alpha value is -2.54. The van der Waals surface area contributed by atoms with E-state index in [-0.39, 0.29) is 12.2 Å². The molecule has 1 aromatic heterocycles. The van der Waals surface area contributed by atoms with Gasteiger partial charge in [-0.2, -0.15) is 0 Å². The summed E-state index contributed by atoms with van der Waals surface area (Å²) >= 11 is 1.12. The van der Waals surface area contributed by atoms with Crippen molar-refractivity contribution in [3.63, 3.8) is 0 Å². The molecule has 3 rings (SSSR count). The van der Waals surface area contributed by atoms with E-state index in [1.165, 1.54) is 16.2 Å². The number of aryl methyl sites for hydroxylation is 1. The number of hydrogen-bond donors (Lipinski definition) is 1. The Kier molecular flexibility index (Phi) is 4.71. The van der Waals surface area contributed by atoms with Crippen molar-refractivity contribution in [1.82, 2.24) is 8.94 Å². The second kappa shape index (κ2) is 6.92. The van der Waals surface area contributed by atoms with Gasteiger partial charge in [-0.3, -0.25) is 13.9 Å². The van der Waals surface area contributed by atoms with Crippen LogP contribution in [0.25, 0.3) is 0 Å². The van der Waals surface area contributed by atoms with E-state index in [9.17, 15) is 13.6 Å². The molecule has 3 aromatic rings. The highest BCUT2D eigenvalue weighted by atomic mass is 32.1. The summed E-state index contributed by atoms with van der Waals surface area (Å²) in [5, 5.41) is 0. The molecule has 0 saturated carbocycles. The van der Waals surface area contributed by atoms with Gasteiger partial charge in [0.2, 0.25) is 4.80 Å². The van der Waals surface area contributed by atoms with Crippen molar-refractivity contribution < 1.29 is 8.78 Å². The van der Waals surface area contributed by atoms with Crippen LogP contribution in [0.2, 0.25) is 0 Å². The van der Waals surface area contributed by atoms with Crippen molar-refractivity contribution in [2.24, 2.45) is 4.99 Å². The molecule has 0 aliphatic rings. The quantitative estimate of drug-likeness (QED) is 0.775. The lowest BCUT2D eigenvalue weighted by molar-refractivity contribution is 0.506. The lowest BCUT2D eigenvalue weighted by Gasteiger charge is -2.03. The Balaban J connectivity index is 1.87. The number of nitrogens with one attached hydrogen (secondary N) is 1. The second-order valence-electron chi connectivity index (χ2n) is 5.43. The molecule has 7 heteroatoms. The Morgan fingerprint density at radius 2 is 1.79 bits per heavy atom. The Morgan fingerprint density at radius 1 is 1.08 bits per heavy atom. The van der Waals surface area contributed by atoms with Crippen LogP contribution in [0.15, 0.2) is 52.3 Å². The fourth-order valence-corrected chi connectivity index (χ4v) is 2.89. The highest BCUT2D eigenvalue weighted by molar-refractivity contribution is 7.02. The van der Waals surface area contributed by atoms with Gasteiger partial charge in [0.05, 0.1) is 13.1 Å². The number of rotatable bonds is 4. The molecule has 0 amide bonds. The summed E-state index contributed by atoms with van der Waals surface area (Å²) in [5.41, 5.74) is 2.36. The van der Waals surface area contributed by atoms with Crippen molar-refractivity contribution in [3.8, 4) is 0 Å². The second-order valence-corrected chi connectivity index (χ2v) is 6.20. The molecule has 0 fully saturated rings. The Labute approximate surface area is 140 Å². The van der Waals surface area contributed by atoms with Crippen LogP contribution in [0.3, 0.4) is 0 Å². The summed E-state index contributed by atoms with van der Waals surface area (Å²) in [5.74, 6) is -1.84. The predicted octanol–water partition coefficient (Wildman–Crippen LogP) is 2.97. The standard InChI is InChI=1S/C17H15F2N3OS/c1-11-2-4-12(5-3-11)9-20-17-22(16(23)21-24-17)10-13-6-7-14(18)15(19)8-13/h2-8H,9-10H2,1H3,(H,21,23). The van der Waals surface area contributed by atoms with Gasteiger partial charge in [-0.15, -0.1) is 0 Å². The van der Waals surface area contributed by atoms with Gasteiger partial charge in [0, 0.05) is 0 Å². The summed E-state index contributed by atoms with van der Waals surface area (Å²) in [6.45, 7) is 2.57. The molecule has 0 spiro atoms. The summed E-state index contributed by atoms with van der Waals surface area (Å²) in [7, 11) is 0. The van der Waals surface area contributed by atoms with E-state index in [4.69, 9.17) is 0 Å². The number of H-pyrrole nitrogens is 1. The summed E-state index contributed by atoms with van der Waals surface area (Å²) in [4.78, 5) is 16.9. The molecule has 0 aliphatic carbocycles. The van der Waals surface area contributed by atoms with E-state index in [1.54, 1.807) is 0 Å². The van der Waals surface area contributed by atoms with Gasteiger partial charge in [0.25, 0.3) is 0 Å². The topological polar surface area (TPSA) is 50.1 Å². The average molecular weight is 347 g/mol. The summed E-state index contributed by atoms with van der Waals surface area (Å²) in [6.07, 6.45) is 0. The lowest BCUT2D eigenvalue weighted by Crippen LogP contribution is -2.27. The van der Waals surface area contributed by atoms with Gasteiger partial charge in [-0.05, 0) is 41.7 Å². The maximum atomic E-state index is 13.3. The third-order valence-corrected chi connectivity index (χ3v) is 4.36. The minimum Gasteiger partial charge on any atom is -0.264 e. The van der Waals surface area contributed by atoms with Crippen LogP contribution in [0.5, 0.6) is 0 Å². The van der Waals surface area contributed by atoms with Crippen LogP contribution in [0.4, 0.5) is 8.78 Å². The van der Waals surface area contributed by atoms with Gasteiger partial charge in [0.15, 0.2) is 11.6 Å². The molecule has 0 saturated heterocycles. The molecular weight excluding hydrogens is 332 g/mol. The molecule has 2 aromatic carbocycles. The first kappa shape index (κ1) is 16.3. The summed E-state index contributed by atoms with van der Waals surface area (Å²) in [6, 6.07) is 11.5.